The van der Waals surface area contributed by atoms with Gasteiger partial charge in [-0.2, -0.15) is 20.5 Å². The topological polar surface area (TPSA) is 174 Å². The Morgan fingerprint density at radius 1 is 0.635 bits per heavy atom. The summed E-state index contributed by atoms with van der Waals surface area (Å²) in [5.74, 6) is -1.20. The minimum Gasteiger partial charge on any atom is -0.462 e. The molecule has 0 aliphatic heterocycles. The summed E-state index contributed by atoms with van der Waals surface area (Å²) in [5.41, 5.74) is 0.492. The average molecular weight is 1080 g/mol. The zero-order chi connectivity index (χ0) is 53.7. The van der Waals surface area contributed by atoms with Gasteiger partial charge in [-0.15, -0.1) is 0 Å². The van der Waals surface area contributed by atoms with Gasteiger partial charge in [0.25, 0.3) is 0 Å². The van der Waals surface area contributed by atoms with E-state index >= 15 is 0 Å². The Hall–Kier alpha value is -3.60. The van der Waals surface area contributed by atoms with Crippen molar-refractivity contribution in [3.8, 4) is 11.1 Å². The van der Waals surface area contributed by atoms with Crippen LogP contribution in [0.5, 0.6) is 0 Å². The Kier molecular flexibility index (Phi) is 34.0. The number of halogens is 2. The largest absolute Gasteiger partial charge is 0.462 e. The molecule has 1 aliphatic carbocycles. The molecule has 2 N–H and O–H groups in total. The fraction of sp³-hybridized carbons (Fsp3) is 0.714. The summed E-state index contributed by atoms with van der Waals surface area (Å²) >= 11 is 1.26. The van der Waals surface area contributed by atoms with Gasteiger partial charge < -0.3 is 43.4 Å². The summed E-state index contributed by atoms with van der Waals surface area (Å²) < 4.78 is 79.6. The third-order valence-electron chi connectivity index (χ3n) is 12.7. The lowest BCUT2D eigenvalue weighted by Crippen LogP contribution is -2.49. The first kappa shape index (κ1) is 64.7. The maximum atomic E-state index is 14.7. The Morgan fingerprint density at radius 3 is 1.68 bits per heavy atom. The lowest BCUT2D eigenvalue weighted by atomic mass is 9.98. The van der Waals surface area contributed by atoms with E-state index in [2.05, 4.69) is 24.5 Å². The first-order chi connectivity index (χ1) is 35.9. The molecule has 0 saturated carbocycles. The van der Waals surface area contributed by atoms with Gasteiger partial charge in [-0.25, -0.2) is 4.79 Å². The van der Waals surface area contributed by atoms with E-state index in [1.54, 1.807) is 0 Å². The molecule has 74 heavy (non-hydrogen) atoms. The number of esters is 2. The van der Waals surface area contributed by atoms with E-state index < -0.39 is 50.4 Å². The molecule has 14 nitrogen and oxygen atoms in total. The van der Waals surface area contributed by atoms with Crippen molar-refractivity contribution in [2.45, 2.75) is 186 Å². The van der Waals surface area contributed by atoms with Gasteiger partial charge in [-0.05, 0) is 48.9 Å². The third-order valence-corrected chi connectivity index (χ3v) is 16.1. The summed E-state index contributed by atoms with van der Waals surface area (Å²) in [4.78, 5) is 53.2. The standard InChI is InChI=1S/C56H89F2N2O12PS/c1-5-9-11-13-15-17-19-21-23-33-52(61)68-41-45(72-53(62)34-24-22-20-18-16-14-12-10-6-2)43-74-44-51(60-55(64)69-42-50-48-31-27-25-29-46(48)47-30-26-28-32-49(47)50)54(63)59-36-38-67-40-39-66-37-35-56(57,58)73(65,70-7-3)71-8-4/h25-32,45,50-51H,5-24,33-44H2,1-4H3,(H,59,63)(H,60,64)/t45-,51+/m1/s1. The van der Waals surface area contributed by atoms with Crippen molar-refractivity contribution < 1.29 is 65.3 Å². The predicted octanol–water partition coefficient (Wildman–Crippen LogP) is 13.3. The Bertz CT molecular complexity index is 1880. The number of hydrogen-bond donors (Lipinski definition) is 2. The molecule has 0 spiro atoms. The van der Waals surface area contributed by atoms with Crippen LogP contribution in [0.3, 0.4) is 0 Å². The number of carbonyl (C=O) groups excluding carboxylic acids is 4. The van der Waals surface area contributed by atoms with Gasteiger partial charge in [0.1, 0.15) is 25.4 Å². The van der Waals surface area contributed by atoms with Crippen molar-refractivity contribution in [1.82, 2.24) is 10.6 Å². The van der Waals surface area contributed by atoms with Crippen LogP contribution in [0.2, 0.25) is 0 Å². The van der Waals surface area contributed by atoms with Crippen LogP contribution in [0, 0.1) is 0 Å². The van der Waals surface area contributed by atoms with Crippen LogP contribution in [-0.4, -0.2) is 113 Å². The van der Waals surface area contributed by atoms with E-state index in [0.717, 1.165) is 67.2 Å². The van der Waals surface area contributed by atoms with Gasteiger partial charge in [0, 0.05) is 43.2 Å². The Morgan fingerprint density at radius 2 is 1.14 bits per heavy atom. The van der Waals surface area contributed by atoms with Crippen molar-refractivity contribution in [3.63, 3.8) is 0 Å². The van der Waals surface area contributed by atoms with Crippen LogP contribution in [0.25, 0.3) is 11.1 Å². The number of thioether (sulfide) groups is 1. The van der Waals surface area contributed by atoms with Crippen LogP contribution >= 0.6 is 19.4 Å². The molecular formula is C56H89F2N2O12PS. The number of alkyl halides is 2. The highest BCUT2D eigenvalue weighted by Gasteiger charge is 2.52. The van der Waals surface area contributed by atoms with E-state index in [-0.39, 0.29) is 95.0 Å². The highest BCUT2D eigenvalue weighted by Crippen LogP contribution is 2.63. The molecule has 2 aromatic rings. The van der Waals surface area contributed by atoms with Crippen molar-refractivity contribution >= 4 is 43.3 Å². The number of ether oxygens (including phenoxy) is 5. The second kappa shape index (κ2) is 38.9. The number of carbonyl (C=O) groups is 4. The minimum absolute atomic E-state index is 0.0241. The number of unbranched alkanes of at least 4 members (excludes halogenated alkanes) is 16. The molecule has 0 saturated heterocycles. The smallest absolute Gasteiger partial charge is 0.407 e. The average Bonchev–Trinajstić information content (AvgIpc) is 3.71. The number of amides is 2. The molecular weight excluding hydrogens is 994 g/mol. The quantitative estimate of drug-likeness (QED) is 0.0278. The van der Waals surface area contributed by atoms with E-state index in [1.807, 2.05) is 48.5 Å². The predicted molar refractivity (Wildman–Crippen MR) is 289 cm³/mol. The molecule has 2 atom stereocenters. The molecule has 0 radical (unpaired) electrons. The summed E-state index contributed by atoms with van der Waals surface area (Å²) in [5, 5.41) is 5.51. The van der Waals surface area contributed by atoms with Gasteiger partial charge >= 0.3 is 31.3 Å². The fourth-order valence-electron chi connectivity index (χ4n) is 8.65. The molecule has 1 aliphatic rings. The first-order valence-corrected chi connectivity index (χ1v) is 30.3. The molecule has 0 unspecified atom stereocenters. The van der Waals surface area contributed by atoms with Crippen LogP contribution < -0.4 is 10.6 Å². The number of fused-ring (bicyclic) bond motifs is 3. The first-order valence-electron chi connectivity index (χ1n) is 27.6. The van der Waals surface area contributed by atoms with E-state index in [0.29, 0.717) is 6.42 Å². The number of nitrogens with one attached hydrogen (secondary N) is 2. The Balaban J connectivity index is 1.58. The van der Waals surface area contributed by atoms with Gasteiger partial charge in [0.15, 0.2) is 0 Å². The molecule has 0 bridgehead atoms. The van der Waals surface area contributed by atoms with E-state index in [1.165, 1.54) is 89.8 Å². The number of alkyl carbamates (subject to hydrolysis) is 1. The Labute approximate surface area is 445 Å². The highest BCUT2D eigenvalue weighted by molar-refractivity contribution is 7.99. The minimum atomic E-state index is -4.66. The third kappa shape index (κ3) is 25.5. The fourth-order valence-corrected chi connectivity index (χ4v) is 11.2. The van der Waals surface area contributed by atoms with Crippen LogP contribution in [-0.2, 0) is 51.7 Å². The summed E-state index contributed by atoms with van der Waals surface area (Å²) in [6.45, 7) is 6.49. The van der Waals surface area contributed by atoms with Crippen LogP contribution in [0.15, 0.2) is 48.5 Å². The number of benzene rings is 2. The lowest BCUT2D eigenvalue weighted by molar-refractivity contribution is -0.157. The van der Waals surface area contributed by atoms with Crippen LogP contribution in [0.4, 0.5) is 13.6 Å². The lowest BCUT2D eigenvalue weighted by Gasteiger charge is -2.25. The normalized spacial score (nSPS) is 13.2. The highest BCUT2D eigenvalue weighted by atomic mass is 32.2. The number of rotatable bonds is 45. The van der Waals surface area contributed by atoms with Gasteiger partial charge in [0.05, 0.1) is 39.6 Å². The molecule has 0 aromatic heterocycles. The molecule has 3 rings (SSSR count). The van der Waals surface area contributed by atoms with E-state index in [4.69, 9.17) is 32.7 Å². The summed E-state index contributed by atoms with van der Waals surface area (Å²) in [6, 6.07) is 14.9. The van der Waals surface area contributed by atoms with Crippen molar-refractivity contribution in [2.75, 3.05) is 70.9 Å². The maximum absolute atomic E-state index is 14.7. The van der Waals surface area contributed by atoms with Crippen molar-refractivity contribution in [2.24, 2.45) is 0 Å². The van der Waals surface area contributed by atoms with Gasteiger partial charge in [-0.3, -0.25) is 18.9 Å². The molecule has 0 fully saturated rings. The summed E-state index contributed by atoms with van der Waals surface area (Å²) in [6.07, 6.45) is 18.1. The van der Waals surface area contributed by atoms with E-state index in [9.17, 15) is 32.5 Å². The zero-order valence-electron chi connectivity index (χ0n) is 45.0. The zero-order valence-corrected chi connectivity index (χ0v) is 46.7. The summed E-state index contributed by atoms with van der Waals surface area (Å²) in [7, 11) is -4.66. The molecule has 2 amide bonds. The van der Waals surface area contributed by atoms with Gasteiger partial charge in [0.2, 0.25) is 5.91 Å². The van der Waals surface area contributed by atoms with Gasteiger partial charge in [-0.1, -0.05) is 165 Å². The van der Waals surface area contributed by atoms with Crippen LogP contribution in [0.1, 0.15) is 180 Å². The number of hydrogen-bond acceptors (Lipinski definition) is 13. The monoisotopic (exact) mass is 1080 g/mol. The SMILES string of the molecule is CCCCCCCCCCCC(=O)OC[C@H](CSC[C@H](NC(=O)OCC1c2ccccc2-c2ccccc21)C(=O)NCCOCCOCCC(F)(F)P(=O)(OCC)OCC)OC(=O)CCCCCCCCCCC. The second-order valence-corrected chi connectivity index (χ2v) is 22.0. The van der Waals surface area contributed by atoms with Crippen molar-refractivity contribution in [1.29, 1.82) is 0 Å². The van der Waals surface area contributed by atoms with Crippen molar-refractivity contribution in [3.05, 3.63) is 59.7 Å². The maximum Gasteiger partial charge on any atom is 0.407 e. The molecule has 420 valence electrons. The molecule has 2 aromatic carbocycles. The molecule has 0 heterocycles. The second-order valence-electron chi connectivity index (χ2n) is 18.8. The molecule has 18 heteroatoms.